The molecule has 9 heteroatoms. The van der Waals surface area contributed by atoms with Gasteiger partial charge in [0.15, 0.2) is 0 Å². The molecular formula is C13H31N3O6. The van der Waals surface area contributed by atoms with E-state index in [1.807, 2.05) is 0 Å². The summed E-state index contributed by atoms with van der Waals surface area (Å²) in [5.74, 6) is 0. The molecule has 0 aliphatic heterocycles. The van der Waals surface area contributed by atoms with Gasteiger partial charge in [-0.1, -0.05) is 6.92 Å². The first kappa shape index (κ1) is 21.6. The predicted molar refractivity (Wildman–Crippen MR) is 80.7 cm³/mol. The van der Waals surface area contributed by atoms with Gasteiger partial charge in [-0.05, 0) is 13.3 Å². The lowest BCUT2D eigenvalue weighted by Crippen LogP contribution is -2.72. The Morgan fingerprint density at radius 2 is 1.55 bits per heavy atom. The molecule has 4 unspecified atom stereocenters. The van der Waals surface area contributed by atoms with Crippen LogP contribution in [0.4, 0.5) is 0 Å². The molecule has 4 atom stereocenters. The van der Waals surface area contributed by atoms with E-state index < -0.39 is 36.7 Å². The molecule has 0 fully saturated rings. The van der Waals surface area contributed by atoms with Crippen molar-refractivity contribution in [1.29, 1.82) is 0 Å². The molecular weight excluding hydrogens is 294 g/mol. The zero-order chi connectivity index (χ0) is 17.4. The van der Waals surface area contributed by atoms with E-state index in [-0.39, 0.29) is 32.7 Å². The lowest BCUT2D eigenvalue weighted by Gasteiger charge is -2.47. The number of rotatable bonds is 12. The van der Waals surface area contributed by atoms with E-state index in [1.165, 1.54) is 11.8 Å². The Kier molecular flexibility index (Phi) is 9.55. The van der Waals surface area contributed by atoms with Gasteiger partial charge in [-0.25, -0.2) is 0 Å². The average molecular weight is 325 g/mol. The van der Waals surface area contributed by atoms with Crippen LogP contribution in [0.2, 0.25) is 0 Å². The third-order valence-electron chi connectivity index (χ3n) is 4.03. The van der Waals surface area contributed by atoms with Crippen molar-refractivity contribution >= 4 is 0 Å². The smallest absolute Gasteiger partial charge is 0.127 e. The fourth-order valence-electron chi connectivity index (χ4n) is 2.39. The molecule has 22 heavy (non-hydrogen) atoms. The van der Waals surface area contributed by atoms with E-state index in [0.717, 1.165) is 0 Å². The molecule has 0 bridgehead atoms. The minimum Gasteiger partial charge on any atom is -0.395 e. The van der Waals surface area contributed by atoms with Crippen molar-refractivity contribution in [1.82, 2.24) is 10.2 Å². The molecule has 0 saturated carbocycles. The van der Waals surface area contributed by atoms with Gasteiger partial charge in [-0.2, -0.15) is 0 Å². The number of nitrogens with zero attached hydrogens (tertiary/aromatic N) is 1. The second-order valence-corrected chi connectivity index (χ2v) is 5.67. The zero-order valence-electron chi connectivity index (χ0n) is 13.3. The molecule has 0 aromatic carbocycles. The van der Waals surface area contributed by atoms with E-state index in [0.29, 0.717) is 0 Å². The summed E-state index contributed by atoms with van der Waals surface area (Å²) in [6, 6.07) is 0. The van der Waals surface area contributed by atoms with Gasteiger partial charge in [0, 0.05) is 13.1 Å². The van der Waals surface area contributed by atoms with Gasteiger partial charge >= 0.3 is 0 Å². The van der Waals surface area contributed by atoms with Crippen LogP contribution in [0.5, 0.6) is 0 Å². The second-order valence-electron chi connectivity index (χ2n) is 5.67. The second kappa shape index (κ2) is 9.71. The minimum atomic E-state index is -1.41. The van der Waals surface area contributed by atoms with Gasteiger partial charge < -0.3 is 36.4 Å². The maximum Gasteiger partial charge on any atom is 0.127 e. The molecule has 9 N–H and O–H groups in total. The molecule has 0 radical (unpaired) electrons. The van der Waals surface area contributed by atoms with E-state index in [2.05, 4.69) is 5.32 Å². The van der Waals surface area contributed by atoms with Gasteiger partial charge in [0.25, 0.3) is 0 Å². The van der Waals surface area contributed by atoms with Gasteiger partial charge in [0.05, 0.1) is 37.5 Å². The zero-order valence-corrected chi connectivity index (χ0v) is 13.3. The summed E-state index contributed by atoms with van der Waals surface area (Å²) in [6.45, 7) is 1.88. The van der Waals surface area contributed by atoms with Crippen molar-refractivity contribution in [2.75, 3.05) is 39.5 Å². The number of nitrogens with two attached hydrogens (primary N) is 1. The molecule has 9 nitrogen and oxygen atoms in total. The van der Waals surface area contributed by atoms with Crippen LogP contribution in [-0.4, -0.2) is 98.6 Å². The Morgan fingerprint density at radius 1 is 1.05 bits per heavy atom. The summed E-state index contributed by atoms with van der Waals surface area (Å²) in [5.41, 5.74) is 2.88. The molecule has 0 aliphatic carbocycles. The molecule has 134 valence electrons. The Bertz CT molecular complexity index is 298. The highest BCUT2D eigenvalue weighted by Gasteiger charge is 2.45. The van der Waals surface area contributed by atoms with E-state index in [1.54, 1.807) is 6.92 Å². The average Bonchev–Trinajstić information content (AvgIpc) is 2.51. The highest BCUT2D eigenvalue weighted by molar-refractivity contribution is 5.01. The van der Waals surface area contributed by atoms with Crippen LogP contribution in [0.25, 0.3) is 0 Å². The number of aliphatic hydroxyl groups is 6. The normalized spacial score (nSPS) is 20.5. The summed E-state index contributed by atoms with van der Waals surface area (Å²) >= 11 is 0. The lowest BCUT2D eigenvalue weighted by molar-refractivity contribution is -0.110. The van der Waals surface area contributed by atoms with Gasteiger partial charge in [-0.3, -0.25) is 10.2 Å². The summed E-state index contributed by atoms with van der Waals surface area (Å²) in [5, 5.41) is 60.5. The Morgan fingerprint density at radius 3 is 1.82 bits per heavy atom. The maximum atomic E-state index is 10.5. The lowest BCUT2D eigenvalue weighted by atomic mass is 9.88. The first-order chi connectivity index (χ1) is 10.3. The van der Waals surface area contributed by atoms with Crippen molar-refractivity contribution < 1.29 is 30.6 Å². The summed E-state index contributed by atoms with van der Waals surface area (Å²) < 4.78 is 0. The monoisotopic (exact) mass is 325 g/mol. The quantitative estimate of drug-likeness (QED) is 0.169. The van der Waals surface area contributed by atoms with Crippen molar-refractivity contribution in [2.45, 2.75) is 43.8 Å². The summed E-state index contributed by atoms with van der Waals surface area (Å²) in [7, 11) is 0. The Labute approximate surface area is 131 Å². The van der Waals surface area contributed by atoms with Gasteiger partial charge in [-0.15, -0.1) is 0 Å². The standard InChI is InChI=1S/C13H31N3O6/c1-3-13(9-20,10(14)21)15-12(2,8-19)11(22)16(4-6-17)5-7-18/h10-11,15,17-22H,3-9,14H2,1-2H3. The third kappa shape index (κ3) is 5.08. The summed E-state index contributed by atoms with van der Waals surface area (Å²) in [6.07, 6.45) is -2.44. The van der Waals surface area contributed by atoms with E-state index >= 15 is 0 Å². The number of aliphatic hydroxyl groups excluding tert-OH is 6. The van der Waals surface area contributed by atoms with Crippen molar-refractivity contribution in [2.24, 2.45) is 5.73 Å². The Balaban J connectivity index is 5.37. The third-order valence-corrected chi connectivity index (χ3v) is 4.03. The SMILES string of the molecule is CCC(CO)(NC(C)(CO)C(O)N(CCO)CCO)C(N)O. The molecule has 0 spiro atoms. The van der Waals surface area contributed by atoms with Crippen LogP contribution in [-0.2, 0) is 0 Å². The molecule has 0 aromatic heterocycles. The first-order valence-corrected chi connectivity index (χ1v) is 7.35. The maximum absolute atomic E-state index is 10.5. The number of nitrogens with one attached hydrogen (secondary N) is 1. The van der Waals surface area contributed by atoms with Crippen molar-refractivity contribution in [3.05, 3.63) is 0 Å². The highest BCUT2D eigenvalue weighted by atomic mass is 16.3. The number of hydrogen-bond acceptors (Lipinski definition) is 9. The van der Waals surface area contributed by atoms with Crippen LogP contribution in [0.1, 0.15) is 20.3 Å². The van der Waals surface area contributed by atoms with Crippen molar-refractivity contribution in [3.63, 3.8) is 0 Å². The number of hydrogen-bond donors (Lipinski definition) is 8. The largest absolute Gasteiger partial charge is 0.395 e. The molecule has 0 saturated heterocycles. The molecule has 0 aromatic rings. The van der Waals surface area contributed by atoms with Crippen LogP contribution in [0, 0.1) is 0 Å². The summed E-state index contributed by atoms with van der Waals surface area (Å²) in [4.78, 5) is 1.38. The molecule has 0 amide bonds. The fourth-order valence-corrected chi connectivity index (χ4v) is 2.39. The predicted octanol–water partition coefficient (Wildman–Crippen LogP) is -3.65. The van der Waals surface area contributed by atoms with Gasteiger partial charge in [0.2, 0.25) is 0 Å². The van der Waals surface area contributed by atoms with Crippen LogP contribution >= 0.6 is 0 Å². The highest BCUT2D eigenvalue weighted by Crippen LogP contribution is 2.22. The van der Waals surface area contributed by atoms with Crippen molar-refractivity contribution in [3.8, 4) is 0 Å². The first-order valence-electron chi connectivity index (χ1n) is 7.35. The fraction of sp³-hybridized carbons (Fsp3) is 1.00. The van der Waals surface area contributed by atoms with E-state index in [9.17, 15) is 20.4 Å². The Hall–Kier alpha value is -0.360. The van der Waals surface area contributed by atoms with Crippen LogP contribution < -0.4 is 11.1 Å². The van der Waals surface area contributed by atoms with E-state index in [4.69, 9.17) is 15.9 Å². The minimum absolute atomic E-state index is 0.0857. The van der Waals surface area contributed by atoms with Crippen LogP contribution in [0.15, 0.2) is 0 Å². The molecule has 0 heterocycles. The molecule has 0 aliphatic rings. The topological polar surface area (TPSA) is 163 Å². The van der Waals surface area contributed by atoms with Crippen LogP contribution in [0.3, 0.4) is 0 Å². The van der Waals surface area contributed by atoms with Gasteiger partial charge in [0.1, 0.15) is 12.5 Å². The molecule has 0 rings (SSSR count).